The molecule has 1 amide bonds. The number of ether oxygens (including phenoxy) is 2. The van der Waals surface area contributed by atoms with Crippen LogP contribution in [0.25, 0.3) is 0 Å². The molecule has 0 radical (unpaired) electrons. The molecule has 0 spiro atoms. The number of hydrogen-bond acceptors (Lipinski definition) is 4. The molecule has 112 valence electrons. The highest BCUT2D eigenvalue weighted by molar-refractivity contribution is 5.77. The van der Waals surface area contributed by atoms with Crippen LogP contribution in [0, 0.1) is 0 Å². The van der Waals surface area contributed by atoms with Crippen LogP contribution in [-0.2, 0) is 14.3 Å². The lowest BCUT2D eigenvalue weighted by atomic mass is 10.1. The van der Waals surface area contributed by atoms with Gasteiger partial charge in [-0.2, -0.15) is 0 Å². The molecular weight excluding hydrogens is 244 g/mol. The molecule has 1 aliphatic rings. The Morgan fingerprint density at radius 2 is 1.84 bits per heavy atom. The smallest absolute Gasteiger partial charge is 0.234 e. The van der Waals surface area contributed by atoms with E-state index in [9.17, 15) is 4.79 Å². The molecule has 1 fully saturated rings. The normalized spacial score (nSPS) is 17.1. The molecular formula is C14H28N2O3. The number of methoxy groups -OCH3 is 1. The Labute approximate surface area is 116 Å². The van der Waals surface area contributed by atoms with Crippen LogP contribution in [0.1, 0.15) is 38.5 Å². The first kappa shape index (κ1) is 16.4. The Morgan fingerprint density at radius 1 is 1.11 bits per heavy atom. The SMILES string of the molecule is COCCNCC(=O)NCCOC1CCCCCC1. The summed E-state index contributed by atoms with van der Waals surface area (Å²) in [6.45, 7) is 2.88. The van der Waals surface area contributed by atoms with Crippen molar-refractivity contribution in [2.45, 2.75) is 44.6 Å². The van der Waals surface area contributed by atoms with E-state index in [-0.39, 0.29) is 5.91 Å². The van der Waals surface area contributed by atoms with Crippen LogP contribution in [-0.4, -0.2) is 52.0 Å². The topological polar surface area (TPSA) is 59.6 Å². The number of amides is 1. The van der Waals surface area contributed by atoms with Crippen molar-refractivity contribution in [1.29, 1.82) is 0 Å². The fourth-order valence-corrected chi connectivity index (χ4v) is 2.26. The zero-order valence-corrected chi connectivity index (χ0v) is 12.1. The fourth-order valence-electron chi connectivity index (χ4n) is 2.26. The maximum atomic E-state index is 11.4. The number of carbonyl (C=O) groups excluding carboxylic acids is 1. The largest absolute Gasteiger partial charge is 0.383 e. The predicted molar refractivity (Wildman–Crippen MR) is 75.2 cm³/mol. The van der Waals surface area contributed by atoms with Gasteiger partial charge in [-0.25, -0.2) is 0 Å². The molecule has 1 saturated carbocycles. The second kappa shape index (κ2) is 11.2. The number of nitrogens with one attached hydrogen (secondary N) is 2. The van der Waals surface area contributed by atoms with Crippen molar-refractivity contribution < 1.29 is 14.3 Å². The molecule has 0 saturated heterocycles. The average Bonchev–Trinajstić information content (AvgIpc) is 2.68. The molecule has 19 heavy (non-hydrogen) atoms. The molecule has 5 nitrogen and oxygen atoms in total. The van der Waals surface area contributed by atoms with Crippen LogP contribution < -0.4 is 10.6 Å². The van der Waals surface area contributed by atoms with Crippen LogP contribution in [0.3, 0.4) is 0 Å². The number of rotatable bonds is 9. The summed E-state index contributed by atoms with van der Waals surface area (Å²) >= 11 is 0. The van der Waals surface area contributed by atoms with Gasteiger partial charge in [-0.05, 0) is 12.8 Å². The van der Waals surface area contributed by atoms with Gasteiger partial charge in [0.2, 0.25) is 5.91 Å². The number of hydrogen-bond donors (Lipinski definition) is 2. The highest BCUT2D eigenvalue weighted by atomic mass is 16.5. The van der Waals surface area contributed by atoms with E-state index in [1.54, 1.807) is 7.11 Å². The van der Waals surface area contributed by atoms with E-state index in [2.05, 4.69) is 10.6 Å². The first-order valence-electron chi connectivity index (χ1n) is 7.41. The zero-order chi connectivity index (χ0) is 13.8. The molecule has 0 aromatic carbocycles. The summed E-state index contributed by atoms with van der Waals surface area (Å²) in [5.74, 6) is 0.0144. The maximum Gasteiger partial charge on any atom is 0.234 e. The molecule has 0 atom stereocenters. The van der Waals surface area contributed by atoms with Crippen molar-refractivity contribution >= 4 is 5.91 Å². The summed E-state index contributed by atoms with van der Waals surface area (Å²) in [7, 11) is 1.65. The molecule has 0 aromatic heterocycles. The minimum absolute atomic E-state index is 0.0144. The lowest BCUT2D eigenvalue weighted by Gasteiger charge is -2.15. The van der Waals surface area contributed by atoms with Crippen molar-refractivity contribution in [3.05, 3.63) is 0 Å². The van der Waals surface area contributed by atoms with Gasteiger partial charge < -0.3 is 20.1 Å². The van der Waals surface area contributed by atoms with E-state index in [0.717, 1.165) is 0 Å². The first-order valence-corrected chi connectivity index (χ1v) is 7.41. The first-order chi connectivity index (χ1) is 9.33. The molecule has 1 aliphatic carbocycles. The van der Waals surface area contributed by atoms with Crippen LogP contribution in [0.5, 0.6) is 0 Å². The summed E-state index contributed by atoms with van der Waals surface area (Å²) in [4.78, 5) is 11.4. The molecule has 5 heteroatoms. The minimum Gasteiger partial charge on any atom is -0.383 e. The molecule has 0 aromatic rings. The van der Waals surface area contributed by atoms with Gasteiger partial charge in [0, 0.05) is 20.2 Å². The van der Waals surface area contributed by atoms with Gasteiger partial charge >= 0.3 is 0 Å². The Morgan fingerprint density at radius 3 is 2.53 bits per heavy atom. The van der Waals surface area contributed by atoms with Crippen molar-refractivity contribution in [3.63, 3.8) is 0 Å². The predicted octanol–water partition coefficient (Wildman–Crippen LogP) is 1.08. The second-order valence-electron chi connectivity index (χ2n) is 5.00. The third kappa shape index (κ3) is 8.97. The summed E-state index contributed by atoms with van der Waals surface area (Å²) in [6.07, 6.45) is 7.98. The lowest BCUT2D eigenvalue weighted by Crippen LogP contribution is -2.37. The van der Waals surface area contributed by atoms with Crippen molar-refractivity contribution in [2.75, 3.05) is 40.0 Å². The van der Waals surface area contributed by atoms with Crippen LogP contribution >= 0.6 is 0 Å². The number of carbonyl (C=O) groups is 1. The fraction of sp³-hybridized carbons (Fsp3) is 0.929. The quantitative estimate of drug-likeness (QED) is 0.487. The highest BCUT2D eigenvalue weighted by Crippen LogP contribution is 2.19. The Bertz CT molecular complexity index is 229. The van der Waals surface area contributed by atoms with Gasteiger partial charge in [0.25, 0.3) is 0 Å². The summed E-state index contributed by atoms with van der Waals surface area (Å²) < 4.78 is 10.7. The molecule has 0 aliphatic heterocycles. The van der Waals surface area contributed by atoms with Gasteiger partial charge in [-0.3, -0.25) is 4.79 Å². The average molecular weight is 272 g/mol. The zero-order valence-electron chi connectivity index (χ0n) is 12.1. The molecule has 1 rings (SSSR count). The van der Waals surface area contributed by atoms with Crippen LogP contribution in [0.4, 0.5) is 0 Å². The third-order valence-corrected chi connectivity index (χ3v) is 3.35. The van der Waals surface area contributed by atoms with E-state index in [0.29, 0.717) is 39.0 Å². The summed E-state index contributed by atoms with van der Waals surface area (Å²) in [6, 6.07) is 0. The minimum atomic E-state index is 0.0144. The Balaban J connectivity index is 1.92. The lowest BCUT2D eigenvalue weighted by molar-refractivity contribution is -0.120. The van der Waals surface area contributed by atoms with Gasteiger partial charge in [0.15, 0.2) is 0 Å². The van der Waals surface area contributed by atoms with Gasteiger partial charge in [0.1, 0.15) is 0 Å². The van der Waals surface area contributed by atoms with Gasteiger partial charge in [-0.15, -0.1) is 0 Å². The molecule has 0 heterocycles. The van der Waals surface area contributed by atoms with Crippen LogP contribution in [0.15, 0.2) is 0 Å². The molecule has 0 bridgehead atoms. The monoisotopic (exact) mass is 272 g/mol. The van der Waals surface area contributed by atoms with Crippen molar-refractivity contribution in [2.24, 2.45) is 0 Å². The Kier molecular flexibility index (Phi) is 9.67. The van der Waals surface area contributed by atoms with E-state index >= 15 is 0 Å². The summed E-state index contributed by atoms with van der Waals surface area (Å²) in [5.41, 5.74) is 0. The van der Waals surface area contributed by atoms with E-state index < -0.39 is 0 Å². The van der Waals surface area contributed by atoms with Crippen molar-refractivity contribution in [1.82, 2.24) is 10.6 Å². The second-order valence-corrected chi connectivity index (χ2v) is 5.00. The highest BCUT2D eigenvalue weighted by Gasteiger charge is 2.12. The summed E-state index contributed by atoms with van der Waals surface area (Å²) in [5, 5.41) is 5.85. The van der Waals surface area contributed by atoms with Gasteiger partial charge in [-0.1, -0.05) is 25.7 Å². The molecule has 2 N–H and O–H groups in total. The van der Waals surface area contributed by atoms with Crippen LogP contribution in [0.2, 0.25) is 0 Å². The Hall–Kier alpha value is -0.650. The molecule has 0 unspecified atom stereocenters. The standard InChI is InChI=1S/C14H28N2O3/c1-18-10-8-15-12-14(17)16-9-11-19-13-6-4-2-3-5-7-13/h13,15H,2-12H2,1H3,(H,16,17). The van der Waals surface area contributed by atoms with E-state index in [4.69, 9.17) is 9.47 Å². The van der Waals surface area contributed by atoms with E-state index in [1.165, 1.54) is 38.5 Å². The van der Waals surface area contributed by atoms with E-state index in [1.807, 2.05) is 0 Å². The maximum absolute atomic E-state index is 11.4. The third-order valence-electron chi connectivity index (χ3n) is 3.35. The van der Waals surface area contributed by atoms with Crippen molar-refractivity contribution in [3.8, 4) is 0 Å². The van der Waals surface area contributed by atoms with Gasteiger partial charge in [0.05, 0.1) is 25.9 Å².